The zero-order valence-electron chi connectivity index (χ0n) is 11.4. The summed E-state index contributed by atoms with van der Waals surface area (Å²) in [5.74, 6) is 0.795. The Morgan fingerprint density at radius 3 is 2.70 bits per heavy atom. The highest BCUT2D eigenvalue weighted by Gasteiger charge is 2.23. The second kappa shape index (κ2) is 4.85. The van der Waals surface area contributed by atoms with Crippen molar-refractivity contribution in [1.82, 2.24) is 0 Å². The summed E-state index contributed by atoms with van der Waals surface area (Å²) >= 11 is 0. The average Bonchev–Trinajstić information content (AvgIpc) is 2.76. The van der Waals surface area contributed by atoms with Crippen LogP contribution in [-0.4, -0.2) is 13.0 Å². The summed E-state index contributed by atoms with van der Waals surface area (Å²) in [6.07, 6.45) is 1.91. The van der Waals surface area contributed by atoms with Crippen LogP contribution in [0.3, 0.4) is 0 Å². The second-order valence-corrected chi connectivity index (χ2v) is 4.79. The van der Waals surface area contributed by atoms with Gasteiger partial charge in [0.2, 0.25) is 0 Å². The van der Waals surface area contributed by atoms with E-state index in [4.69, 9.17) is 4.74 Å². The van der Waals surface area contributed by atoms with Crippen molar-refractivity contribution in [2.75, 3.05) is 12.4 Å². The van der Waals surface area contributed by atoms with Gasteiger partial charge in [-0.15, -0.1) is 0 Å². The van der Waals surface area contributed by atoms with Crippen molar-refractivity contribution in [3.63, 3.8) is 0 Å². The molecule has 0 atom stereocenters. The molecule has 0 spiro atoms. The molecule has 0 unspecified atom stereocenters. The number of rotatable bonds is 2. The number of anilines is 1. The van der Waals surface area contributed by atoms with Gasteiger partial charge in [-0.05, 0) is 42.3 Å². The molecule has 3 nitrogen and oxygen atoms in total. The van der Waals surface area contributed by atoms with E-state index in [2.05, 4.69) is 5.32 Å². The number of amides is 1. The fourth-order valence-electron chi connectivity index (χ4n) is 2.44. The Kier molecular flexibility index (Phi) is 3.03. The number of ether oxygens (including phenoxy) is 1. The molecular weight excluding hydrogens is 250 g/mol. The Morgan fingerprint density at radius 1 is 1.15 bits per heavy atom. The lowest BCUT2D eigenvalue weighted by molar-refractivity contribution is -0.110. The topological polar surface area (TPSA) is 38.3 Å². The Hall–Kier alpha value is -2.55. The molecule has 1 aliphatic heterocycles. The smallest absolute Gasteiger partial charge is 0.256 e. The molecule has 1 N–H and O–H groups in total. The fraction of sp³-hybridized carbons (Fsp3) is 0.118. The number of fused-ring (bicyclic) bond motifs is 1. The van der Waals surface area contributed by atoms with Crippen LogP contribution in [0.15, 0.2) is 42.5 Å². The van der Waals surface area contributed by atoms with Crippen molar-refractivity contribution in [3.05, 3.63) is 59.2 Å². The first-order chi connectivity index (χ1) is 9.69. The van der Waals surface area contributed by atoms with Gasteiger partial charge in [0.1, 0.15) is 5.75 Å². The molecule has 3 rings (SSSR count). The van der Waals surface area contributed by atoms with Crippen molar-refractivity contribution in [3.8, 4) is 5.75 Å². The largest absolute Gasteiger partial charge is 0.496 e. The van der Waals surface area contributed by atoms with Gasteiger partial charge < -0.3 is 10.1 Å². The Morgan fingerprint density at radius 2 is 1.95 bits per heavy atom. The van der Waals surface area contributed by atoms with Crippen LogP contribution >= 0.6 is 0 Å². The van der Waals surface area contributed by atoms with E-state index in [0.717, 1.165) is 28.1 Å². The minimum atomic E-state index is -0.0559. The molecule has 0 radical (unpaired) electrons. The van der Waals surface area contributed by atoms with Gasteiger partial charge in [-0.1, -0.05) is 24.3 Å². The summed E-state index contributed by atoms with van der Waals surface area (Å²) in [6, 6.07) is 13.6. The number of carbonyl (C=O) groups is 1. The predicted octanol–water partition coefficient (Wildman–Crippen LogP) is 3.50. The SMILES string of the molecule is COc1ccc(/C=C2/C(=O)Nc3ccccc32)cc1C. The maximum atomic E-state index is 12.0. The lowest BCUT2D eigenvalue weighted by Crippen LogP contribution is -2.03. The molecule has 20 heavy (non-hydrogen) atoms. The summed E-state index contributed by atoms with van der Waals surface area (Å²) in [6.45, 7) is 1.99. The summed E-state index contributed by atoms with van der Waals surface area (Å²) in [7, 11) is 1.65. The molecular formula is C17H15NO2. The number of hydrogen-bond donors (Lipinski definition) is 1. The number of carbonyl (C=O) groups excluding carboxylic acids is 1. The van der Waals surface area contributed by atoms with Gasteiger partial charge >= 0.3 is 0 Å². The number of aryl methyl sites for hydroxylation is 1. The van der Waals surface area contributed by atoms with Crippen molar-refractivity contribution in [2.24, 2.45) is 0 Å². The lowest BCUT2D eigenvalue weighted by Gasteiger charge is -2.05. The van der Waals surface area contributed by atoms with E-state index in [1.54, 1.807) is 7.11 Å². The molecule has 0 fully saturated rings. The summed E-state index contributed by atoms with van der Waals surface area (Å²) in [4.78, 5) is 12.0. The van der Waals surface area contributed by atoms with E-state index in [0.29, 0.717) is 5.57 Å². The van der Waals surface area contributed by atoms with Crippen LogP contribution in [0.25, 0.3) is 11.6 Å². The first kappa shape index (κ1) is 12.5. The molecule has 0 aromatic heterocycles. The van der Waals surface area contributed by atoms with E-state index < -0.39 is 0 Å². The van der Waals surface area contributed by atoms with Crippen LogP contribution in [0.5, 0.6) is 5.75 Å². The van der Waals surface area contributed by atoms with Crippen LogP contribution in [0.4, 0.5) is 5.69 Å². The number of methoxy groups -OCH3 is 1. The first-order valence-corrected chi connectivity index (χ1v) is 6.46. The third-order valence-electron chi connectivity index (χ3n) is 3.44. The molecule has 3 heteroatoms. The van der Waals surface area contributed by atoms with Gasteiger partial charge in [0.05, 0.1) is 7.11 Å². The molecule has 0 saturated heterocycles. The average molecular weight is 265 g/mol. The van der Waals surface area contributed by atoms with Crippen molar-refractivity contribution in [2.45, 2.75) is 6.92 Å². The highest BCUT2D eigenvalue weighted by Crippen LogP contribution is 2.33. The molecule has 1 amide bonds. The van der Waals surface area contributed by atoms with E-state index in [9.17, 15) is 4.79 Å². The normalized spacial score (nSPS) is 15.1. The monoisotopic (exact) mass is 265 g/mol. The molecule has 0 aliphatic carbocycles. The summed E-state index contributed by atoms with van der Waals surface area (Å²) < 4.78 is 5.25. The Bertz CT molecular complexity index is 717. The predicted molar refractivity (Wildman–Crippen MR) is 80.7 cm³/mol. The standard InChI is InChI=1S/C17H15NO2/c1-11-9-12(7-8-16(11)20-2)10-14-13-5-3-4-6-15(13)18-17(14)19/h3-10H,1-2H3,(H,18,19)/b14-10+. The third kappa shape index (κ3) is 2.07. The number of hydrogen-bond acceptors (Lipinski definition) is 2. The summed E-state index contributed by atoms with van der Waals surface area (Å²) in [5.41, 5.74) is 4.56. The lowest BCUT2D eigenvalue weighted by atomic mass is 10.0. The third-order valence-corrected chi connectivity index (χ3v) is 3.44. The van der Waals surface area contributed by atoms with Crippen LogP contribution < -0.4 is 10.1 Å². The van der Waals surface area contributed by atoms with Crippen molar-refractivity contribution >= 4 is 23.2 Å². The molecule has 1 aliphatic rings. The van der Waals surface area contributed by atoms with E-state index >= 15 is 0 Å². The quantitative estimate of drug-likeness (QED) is 0.844. The maximum absolute atomic E-state index is 12.0. The van der Waals surface area contributed by atoms with Crippen LogP contribution in [0.1, 0.15) is 16.7 Å². The van der Waals surface area contributed by atoms with Gasteiger partial charge in [0.25, 0.3) is 5.91 Å². The van der Waals surface area contributed by atoms with Crippen LogP contribution in [0.2, 0.25) is 0 Å². The molecule has 2 aromatic carbocycles. The van der Waals surface area contributed by atoms with Gasteiger partial charge in [-0.3, -0.25) is 4.79 Å². The molecule has 1 heterocycles. The fourth-order valence-corrected chi connectivity index (χ4v) is 2.44. The van der Waals surface area contributed by atoms with Gasteiger partial charge in [-0.2, -0.15) is 0 Å². The Labute approximate surface area is 117 Å². The molecule has 0 saturated carbocycles. The number of para-hydroxylation sites is 1. The maximum Gasteiger partial charge on any atom is 0.256 e. The minimum absolute atomic E-state index is 0.0559. The van der Waals surface area contributed by atoms with Gasteiger partial charge in [-0.25, -0.2) is 0 Å². The van der Waals surface area contributed by atoms with E-state index in [1.165, 1.54) is 0 Å². The number of nitrogens with one attached hydrogen (secondary N) is 1. The van der Waals surface area contributed by atoms with Gasteiger partial charge in [0.15, 0.2) is 0 Å². The van der Waals surface area contributed by atoms with Crippen LogP contribution in [0, 0.1) is 6.92 Å². The first-order valence-electron chi connectivity index (χ1n) is 6.46. The zero-order chi connectivity index (χ0) is 14.1. The zero-order valence-corrected chi connectivity index (χ0v) is 11.4. The van der Waals surface area contributed by atoms with E-state index in [1.807, 2.05) is 55.5 Å². The van der Waals surface area contributed by atoms with Crippen molar-refractivity contribution < 1.29 is 9.53 Å². The highest BCUT2D eigenvalue weighted by atomic mass is 16.5. The van der Waals surface area contributed by atoms with E-state index in [-0.39, 0.29) is 5.91 Å². The molecule has 100 valence electrons. The molecule has 2 aromatic rings. The molecule has 0 bridgehead atoms. The highest BCUT2D eigenvalue weighted by molar-refractivity contribution is 6.34. The summed E-state index contributed by atoms with van der Waals surface area (Å²) in [5, 5.41) is 2.87. The Balaban J connectivity index is 2.04. The van der Waals surface area contributed by atoms with Crippen LogP contribution in [-0.2, 0) is 4.79 Å². The van der Waals surface area contributed by atoms with Gasteiger partial charge in [0, 0.05) is 16.8 Å². The van der Waals surface area contributed by atoms with Crippen molar-refractivity contribution in [1.29, 1.82) is 0 Å². The minimum Gasteiger partial charge on any atom is -0.496 e. The second-order valence-electron chi connectivity index (χ2n) is 4.79. The number of benzene rings is 2.